The SMILES string of the molecule is O=C1COC(C2CCC2)C(C(=O)O)N1. The molecule has 2 fully saturated rings. The third-order valence-electron chi connectivity index (χ3n) is 2.93. The van der Waals surface area contributed by atoms with Gasteiger partial charge < -0.3 is 15.2 Å². The molecule has 0 aromatic heterocycles. The van der Waals surface area contributed by atoms with Crippen molar-refractivity contribution in [3.8, 4) is 0 Å². The van der Waals surface area contributed by atoms with Crippen molar-refractivity contribution < 1.29 is 19.4 Å². The smallest absolute Gasteiger partial charge is 0.328 e. The van der Waals surface area contributed by atoms with E-state index in [1.54, 1.807) is 0 Å². The van der Waals surface area contributed by atoms with Gasteiger partial charge in [-0.25, -0.2) is 4.79 Å². The first kappa shape index (κ1) is 9.45. The zero-order chi connectivity index (χ0) is 10.1. The van der Waals surface area contributed by atoms with Gasteiger partial charge in [-0.2, -0.15) is 0 Å². The Hall–Kier alpha value is -1.10. The zero-order valence-electron chi connectivity index (χ0n) is 7.73. The van der Waals surface area contributed by atoms with Crippen molar-refractivity contribution in [2.24, 2.45) is 5.92 Å². The Balaban J connectivity index is 2.05. The molecule has 2 unspecified atom stereocenters. The van der Waals surface area contributed by atoms with E-state index in [2.05, 4.69) is 5.32 Å². The molecule has 5 heteroatoms. The van der Waals surface area contributed by atoms with Gasteiger partial charge in [-0.1, -0.05) is 6.42 Å². The summed E-state index contributed by atoms with van der Waals surface area (Å²) in [7, 11) is 0. The maximum atomic E-state index is 11.0. The first-order valence-electron chi connectivity index (χ1n) is 4.82. The molecule has 14 heavy (non-hydrogen) atoms. The van der Waals surface area contributed by atoms with Crippen LogP contribution in [-0.2, 0) is 14.3 Å². The molecule has 78 valence electrons. The lowest BCUT2D eigenvalue weighted by atomic mass is 9.78. The van der Waals surface area contributed by atoms with Gasteiger partial charge in [0.05, 0.1) is 6.10 Å². The monoisotopic (exact) mass is 199 g/mol. The first-order valence-corrected chi connectivity index (χ1v) is 4.82. The quantitative estimate of drug-likeness (QED) is 0.643. The molecule has 2 aliphatic rings. The number of carbonyl (C=O) groups is 2. The van der Waals surface area contributed by atoms with E-state index < -0.39 is 12.0 Å². The van der Waals surface area contributed by atoms with Gasteiger partial charge in [-0.05, 0) is 18.8 Å². The molecule has 0 radical (unpaired) electrons. The van der Waals surface area contributed by atoms with Crippen LogP contribution in [0.4, 0.5) is 0 Å². The largest absolute Gasteiger partial charge is 0.480 e. The summed E-state index contributed by atoms with van der Waals surface area (Å²) in [5, 5.41) is 11.4. The number of carboxylic acid groups (broad SMARTS) is 1. The Morgan fingerprint density at radius 1 is 1.50 bits per heavy atom. The second-order valence-electron chi connectivity index (χ2n) is 3.85. The normalized spacial score (nSPS) is 33.3. The molecule has 0 aromatic rings. The predicted molar refractivity (Wildman–Crippen MR) is 46.6 cm³/mol. The Kier molecular flexibility index (Phi) is 2.41. The van der Waals surface area contributed by atoms with Crippen LogP contribution in [0.3, 0.4) is 0 Å². The molecule has 0 spiro atoms. The van der Waals surface area contributed by atoms with E-state index >= 15 is 0 Å². The van der Waals surface area contributed by atoms with Crippen LogP contribution in [-0.4, -0.2) is 35.7 Å². The highest BCUT2D eigenvalue weighted by molar-refractivity contribution is 5.85. The standard InChI is InChI=1S/C9H13NO4/c11-6-4-14-8(5-2-1-3-5)7(10-6)9(12)13/h5,7-8H,1-4H2,(H,10,11)(H,12,13). The Labute approximate surface area is 81.4 Å². The highest BCUT2D eigenvalue weighted by atomic mass is 16.5. The summed E-state index contributed by atoms with van der Waals surface area (Å²) in [4.78, 5) is 21.8. The minimum atomic E-state index is -1.00. The van der Waals surface area contributed by atoms with E-state index in [0.717, 1.165) is 19.3 Å². The number of aliphatic carboxylic acids is 1. The lowest BCUT2D eigenvalue weighted by Crippen LogP contribution is -2.58. The molecule has 1 amide bonds. The number of carboxylic acids is 1. The second-order valence-corrected chi connectivity index (χ2v) is 3.85. The van der Waals surface area contributed by atoms with Gasteiger partial charge in [0.1, 0.15) is 6.61 Å². The second kappa shape index (κ2) is 3.57. The summed E-state index contributed by atoms with van der Waals surface area (Å²) >= 11 is 0. The number of carbonyl (C=O) groups excluding carboxylic acids is 1. The molecule has 2 atom stereocenters. The van der Waals surface area contributed by atoms with E-state index in [1.165, 1.54) is 0 Å². The van der Waals surface area contributed by atoms with Crippen molar-refractivity contribution in [2.75, 3.05) is 6.61 Å². The Bertz CT molecular complexity index is 262. The summed E-state index contributed by atoms with van der Waals surface area (Å²) in [6, 6.07) is -0.860. The van der Waals surface area contributed by atoms with Crippen LogP contribution in [0.1, 0.15) is 19.3 Å². The molecule has 1 heterocycles. The van der Waals surface area contributed by atoms with Crippen LogP contribution in [0.2, 0.25) is 0 Å². The summed E-state index contributed by atoms with van der Waals surface area (Å²) < 4.78 is 5.28. The van der Waals surface area contributed by atoms with Crippen LogP contribution >= 0.6 is 0 Å². The van der Waals surface area contributed by atoms with Crippen molar-refractivity contribution in [2.45, 2.75) is 31.4 Å². The Morgan fingerprint density at radius 2 is 2.21 bits per heavy atom. The number of amides is 1. The fourth-order valence-electron chi connectivity index (χ4n) is 1.94. The van der Waals surface area contributed by atoms with Gasteiger partial charge in [0, 0.05) is 0 Å². The van der Waals surface area contributed by atoms with E-state index in [0.29, 0.717) is 5.92 Å². The van der Waals surface area contributed by atoms with E-state index in [9.17, 15) is 9.59 Å². The van der Waals surface area contributed by atoms with E-state index in [1.807, 2.05) is 0 Å². The molecule has 2 rings (SSSR count). The minimum Gasteiger partial charge on any atom is -0.480 e. The molecule has 1 aliphatic carbocycles. The van der Waals surface area contributed by atoms with Crippen molar-refractivity contribution in [3.05, 3.63) is 0 Å². The molecule has 2 N–H and O–H groups in total. The van der Waals surface area contributed by atoms with E-state index in [4.69, 9.17) is 9.84 Å². The highest BCUT2D eigenvalue weighted by Gasteiger charge is 2.41. The fourth-order valence-corrected chi connectivity index (χ4v) is 1.94. The zero-order valence-corrected chi connectivity index (χ0v) is 7.73. The van der Waals surface area contributed by atoms with Crippen molar-refractivity contribution in [1.82, 2.24) is 5.32 Å². The molecule has 0 aromatic carbocycles. The number of hydrogen-bond donors (Lipinski definition) is 2. The van der Waals surface area contributed by atoms with Gasteiger partial charge in [0.2, 0.25) is 5.91 Å². The minimum absolute atomic E-state index is 0.00898. The molecule has 0 bridgehead atoms. The van der Waals surface area contributed by atoms with Crippen LogP contribution in [0.25, 0.3) is 0 Å². The van der Waals surface area contributed by atoms with Crippen LogP contribution in [0.15, 0.2) is 0 Å². The molecule has 1 aliphatic heterocycles. The topological polar surface area (TPSA) is 75.6 Å². The number of hydrogen-bond acceptors (Lipinski definition) is 3. The number of nitrogens with one attached hydrogen (secondary N) is 1. The summed E-state index contributed by atoms with van der Waals surface area (Å²) in [5.74, 6) is -1.04. The Morgan fingerprint density at radius 3 is 2.71 bits per heavy atom. The van der Waals surface area contributed by atoms with Gasteiger partial charge in [0.25, 0.3) is 0 Å². The maximum Gasteiger partial charge on any atom is 0.328 e. The van der Waals surface area contributed by atoms with E-state index in [-0.39, 0.29) is 18.6 Å². The number of morpholine rings is 1. The predicted octanol–water partition coefficient (Wildman–Crippen LogP) is -0.245. The molecular weight excluding hydrogens is 186 g/mol. The van der Waals surface area contributed by atoms with Gasteiger partial charge in [-0.3, -0.25) is 4.79 Å². The van der Waals surface area contributed by atoms with Crippen LogP contribution in [0.5, 0.6) is 0 Å². The average molecular weight is 199 g/mol. The third kappa shape index (κ3) is 1.59. The van der Waals surface area contributed by atoms with Crippen LogP contribution in [0, 0.1) is 5.92 Å². The number of rotatable bonds is 2. The molecule has 1 saturated heterocycles. The summed E-state index contributed by atoms with van der Waals surface area (Å²) in [6.45, 7) is -0.00898. The van der Waals surface area contributed by atoms with Crippen molar-refractivity contribution in [3.63, 3.8) is 0 Å². The highest BCUT2D eigenvalue weighted by Crippen LogP contribution is 2.33. The first-order chi connectivity index (χ1) is 6.68. The lowest BCUT2D eigenvalue weighted by Gasteiger charge is -2.39. The van der Waals surface area contributed by atoms with Crippen LogP contribution < -0.4 is 5.32 Å². The lowest BCUT2D eigenvalue weighted by molar-refractivity contribution is -0.159. The summed E-state index contributed by atoms with van der Waals surface area (Å²) in [6.07, 6.45) is 2.80. The summed E-state index contributed by atoms with van der Waals surface area (Å²) in [5.41, 5.74) is 0. The number of ether oxygens (including phenoxy) is 1. The van der Waals surface area contributed by atoms with Gasteiger partial charge in [-0.15, -0.1) is 0 Å². The third-order valence-corrected chi connectivity index (χ3v) is 2.93. The molecule has 5 nitrogen and oxygen atoms in total. The van der Waals surface area contributed by atoms with Gasteiger partial charge >= 0.3 is 5.97 Å². The molecular formula is C9H13NO4. The average Bonchev–Trinajstić information content (AvgIpc) is 2.04. The molecule has 1 saturated carbocycles. The fraction of sp³-hybridized carbons (Fsp3) is 0.778. The maximum absolute atomic E-state index is 11.0. The van der Waals surface area contributed by atoms with Crippen molar-refractivity contribution in [1.29, 1.82) is 0 Å². The van der Waals surface area contributed by atoms with Crippen molar-refractivity contribution >= 4 is 11.9 Å². The van der Waals surface area contributed by atoms with Gasteiger partial charge in [0.15, 0.2) is 6.04 Å².